The monoisotopic (exact) mass is 464 g/mol. The van der Waals surface area contributed by atoms with Crippen molar-refractivity contribution < 1.29 is 14.4 Å². The second-order valence-corrected chi connectivity index (χ2v) is 9.02. The van der Waals surface area contributed by atoms with Gasteiger partial charge in [0.05, 0.1) is 11.3 Å². The van der Waals surface area contributed by atoms with Gasteiger partial charge in [0.25, 0.3) is 11.7 Å². The zero-order chi connectivity index (χ0) is 22.5. The molecule has 32 heavy (non-hydrogen) atoms. The minimum absolute atomic E-state index is 0.0888. The molecule has 0 radical (unpaired) electrons. The number of para-hydroxylation sites is 1. The van der Waals surface area contributed by atoms with Gasteiger partial charge in [0.1, 0.15) is 10.7 Å². The average molecular weight is 465 g/mol. The van der Waals surface area contributed by atoms with Crippen molar-refractivity contribution >= 4 is 56.6 Å². The number of aromatic amines is 1. The molecule has 4 aromatic rings. The SMILES string of the molecule is CCNC(=O)CSc1nc(-c2ccccc2)c(NC(=O)C(=O)c2c[nH]c3ccccc23)s1. The predicted molar refractivity (Wildman–Crippen MR) is 128 cm³/mol. The number of rotatable bonds is 8. The highest BCUT2D eigenvalue weighted by Gasteiger charge is 2.23. The van der Waals surface area contributed by atoms with Gasteiger partial charge in [-0.25, -0.2) is 4.98 Å². The molecule has 9 heteroatoms. The topological polar surface area (TPSA) is 104 Å². The number of Topliss-reactive ketones (excluding diaryl/α,β-unsaturated/α-hetero) is 1. The van der Waals surface area contributed by atoms with Crippen LogP contribution in [-0.2, 0) is 9.59 Å². The van der Waals surface area contributed by atoms with Crippen LogP contribution in [0.25, 0.3) is 22.2 Å². The fourth-order valence-electron chi connectivity index (χ4n) is 3.16. The maximum absolute atomic E-state index is 12.9. The van der Waals surface area contributed by atoms with E-state index in [4.69, 9.17) is 0 Å². The molecule has 162 valence electrons. The molecule has 3 N–H and O–H groups in total. The molecule has 0 aliphatic heterocycles. The Hall–Kier alpha value is -3.43. The van der Waals surface area contributed by atoms with E-state index in [1.165, 1.54) is 23.1 Å². The molecule has 0 saturated heterocycles. The summed E-state index contributed by atoms with van der Waals surface area (Å²) in [7, 11) is 0. The number of hydrogen-bond acceptors (Lipinski definition) is 6. The highest BCUT2D eigenvalue weighted by Crippen LogP contribution is 2.37. The molecule has 0 fully saturated rings. The van der Waals surface area contributed by atoms with Crippen molar-refractivity contribution in [2.45, 2.75) is 11.3 Å². The zero-order valence-electron chi connectivity index (χ0n) is 17.2. The molecular formula is C23H20N4O3S2. The number of hydrogen-bond donors (Lipinski definition) is 3. The number of carbonyl (C=O) groups excluding carboxylic acids is 3. The quantitative estimate of drug-likeness (QED) is 0.204. The standard InChI is InChI=1S/C23H20N4O3S2/c1-2-24-18(28)13-31-23-26-19(14-8-4-3-5-9-14)22(32-23)27-21(30)20(29)16-12-25-17-11-7-6-10-15(16)17/h3-12,25H,2,13H2,1H3,(H,24,28)(H,27,30). The number of benzene rings is 2. The van der Waals surface area contributed by atoms with E-state index in [9.17, 15) is 14.4 Å². The van der Waals surface area contributed by atoms with Crippen LogP contribution in [0, 0.1) is 0 Å². The Morgan fingerprint density at radius 3 is 2.59 bits per heavy atom. The van der Waals surface area contributed by atoms with Gasteiger partial charge in [0.2, 0.25) is 5.91 Å². The average Bonchev–Trinajstić information content (AvgIpc) is 3.42. The number of ketones is 1. The number of nitrogens with one attached hydrogen (secondary N) is 3. The van der Waals surface area contributed by atoms with E-state index in [0.717, 1.165) is 11.1 Å². The summed E-state index contributed by atoms with van der Waals surface area (Å²) in [6.07, 6.45) is 1.55. The largest absolute Gasteiger partial charge is 0.360 e. The molecule has 0 aliphatic rings. The first-order valence-electron chi connectivity index (χ1n) is 9.94. The number of anilines is 1. The lowest BCUT2D eigenvalue weighted by atomic mass is 10.1. The molecule has 2 aromatic heterocycles. The molecular weight excluding hydrogens is 444 g/mol. The molecule has 4 rings (SSSR count). The number of amides is 2. The number of carbonyl (C=O) groups is 3. The van der Waals surface area contributed by atoms with E-state index in [2.05, 4.69) is 20.6 Å². The van der Waals surface area contributed by atoms with Crippen LogP contribution >= 0.6 is 23.1 Å². The normalized spacial score (nSPS) is 10.8. The van der Waals surface area contributed by atoms with Gasteiger partial charge in [-0.3, -0.25) is 14.4 Å². The van der Waals surface area contributed by atoms with Crippen LogP contribution in [0.2, 0.25) is 0 Å². The number of aromatic nitrogens is 2. The van der Waals surface area contributed by atoms with Crippen LogP contribution in [-0.4, -0.2) is 39.9 Å². The molecule has 0 unspecified atom stereocenters. The molecule has 0 atom stereocenters. The van der Waals surface area contributed by atoms with Crippen molar-refractivity contribution in [1.29, 1.82) is 0 Å². The first-order chi connectivity index (χ1) is 15.6. The first-order valence-corrected chi connectivity index (χ1v) is 11.7. The summed E-state index contributed by atoms with van der Waals surface area (Å²) < 4.78 is 0.630. The van der Waals surface area contributed by atoms with Crippen LogP contribution in [0.5, 0.6) is 0 Å². The van der Waals surface area contributed by atoms with E-state index < -0.39 is 11.7 Å². The Balaban J connectivity index is 1.59. The highest BCUT2D eigenvalue weighted by molar-refractivity contribution is 8.01. The third-order valence-electron chi connectivity index (χ3n) is 4.62. The van der Waals surface area contributed by atoms with Crippen molar-refractivity contribution in [2.75, 3.05) is 17.6 Å². The van der Waals surface area contributed by atoms with Crippen molar-refractivity contribution in [3.8, 4) is 11.3 Å². The summed E-state index contributed by atoms with van der Waals surface area (Å²) in [4.78, 5) is 45.1. The third kappa shape index (κ3) is 4.74. The minimum atomic E-state index is -0.740. The summed E-state index contributed by atoms with van der Waals surface area (Å²) in [6, 6.07) is 16.7. The fourth-order valence-corrected chi connectivity index (χ4v) is 5.05. The molecule has 2 aromatic carbocycles. The minimum Gasteiger partial charge on any atom is -0.360 e. The van der Waals surface area contributed by atoms with Gasteiger partial charge in [-0.2, -0.15) is 0 Å². The lowest BCUT2D eigenvalue weighted by Gasteiger charge is -2.04. The van der Waals surface area contributed by atoms with E-state index in [1.54, 1.807) is 12.3 Å². The molecule has 2 heterocycles. The van der Waals surface area contributed by atoms with Gasteiger partial charge in [0.15, 0.2) is 4.34 Å². The van der Waals surface area contributed by atoms with Crippen molar-refractivity contribution in [3.05, 3.63) is 66.4 Å². The second kappa shape index (κ2) is 9.80. The van der Waals surface area contributed by atoms with Gasteiger partial charge in [0, 0.05) is 29.2 Å². The summed E-state index contributed by atoms with van der Waals surface area (Å²) in [5.74, 6) is -1.24. The van der Waals surface area contributed by atoms with Crippen LogP contribution in [0.4, 0.5) is 5.00 Å². The molecule has 7 nitrogen and oxygen atoms in total. The Morgan fingerprint density at radius 1 is 1.06 bits per heavy atom. The van der Waals surface area contributed by atoms with E-state index in [0.29, 0.717) is 32.5 Å². The van der Waals surface area contributed by atoms with Crippen LogP contribution in [0.15, 0.2) is 65.1 Å². The third-order valence-corrected chi connectivity index (χ3v) is 6.74. The second-order valence-electron chi connectivity index (χ2n) is 6.80. The number of thioether (sulfide) groups is 1. The van der Waals surface area contributed by atoms with Crippen LogP contribution in [0.1, 0.15) is 17.3 Å². The van der Waals surface area contributed by atoms with Crippen molar-refractivity contribution in [2.24, 2.45) is 0 Å². The number of H-pyrrole nitrogens is 1. The molecule has 0 spiro atoms. The number of fused-ring (bicyclic) bond motifs is 1. The first kappa shape index (κ1) is 21.8. The van der Waals surface area contributed by atoms with Crippen LogP contribution < -0.4 is 10.6 Å². The predicted octanol–water partition coefficient (Wildman–Crippen LogP) is 4.34. The van der Waals surface area contributed by atoms with E-state index in [1.807, 2.05) is 55.5 Å². The van der Waals surface area contributed by atoms with Gasteiger partial charge < -0.3 is 15.6 Å². The smallest absolute Gasteiger partial charge is 0.297 e. The summed E-state index contributed by atoms with van der Waals surface area (Å²) in [5.41, 5.74) is 2.47. The van der Waals surface area contributed by atoms with E-state index in [-0.39, 0.29) is 11.7 Å². The zero-order valence-corrected chi connectivity index (χ0v) is 18.8. The lowest BCUT2D eigenvalue weighted by Crippen LogP contribution is -2.24. The maximum atomic E-state index is 12.9. The Labute approximate surface area is 192 Å². The number of thiazole rings is 1. The van der Waals surface area contributed by atoms with Gasteiger partial charge in [-0.15, -0.1) is 0 Å². The molecule has 0 saturated carbocycles. The summed E-state index contributed by atoms with van der Waals surface area (Å²) >= 11 is 2.53. The number of nitrogens with zero attached hydrogens (tertiary/aromatic N) is 1. The van der Waals surface area contributed by atoms with E-state index >= 15 is 0 Å². The molecule has 0 bridgehead atoms. The Bertz CT molecular complexity index is 1280. The summed E-state index contributed by atoms with van der Waals surface area (Å²) in [5, 5.41) is 6.64. The van der Waals surface area contributed by atoms with Crippen molar-refractivity contribution in [1.82, 2.24) is 15.3 Å². The fraction of sp³-hybridized carbons (Fsp3) is 0.130. The molecule has 0 aliphatic carbocycles. The lowest BCUT2D eigenvalue weighted by molar-refractivity contribution is -0.118. The van der Waals surface area contributed by atoms with Gasteiger partial charge in [-0.05, 0) is 13.0 Å². The van der Waals surface area contributed by atoms with Crippen molar-refractivity contribution in [3.63, 3.8) is 0 Å². The summed E-state index contributed by atoms with van der Waals surface area (Å²) in [6.45, 7) is 2.42. The van der Waals surface area contributed by atoms with Gasteiger partial charge >= 0.3 is 0 Å². The molecule has 2 amide bonds. The van der Waals surface area contributed by atoms with Gasteiger partial charge in [-0.1, -0.05) is 71.6 Å². The highest BCUT2D eigenvalue weighted by atomic mass is 32.2. The Kier molecular flexibility index (Phi) is 6.67. The maximum Gasteiger partial charge on any atom is 0.297 e. The van der Waals surface area contributed by atoms with Crippen LogP contribution in [0.3, 0.4) is 0 Å². The Morgan fingerprint density at radius 2 is 1.81 bits per heavy atom.